The Labute approximate surface area is 143 Å². The third kappa shape index (κ3) is 3.60. The predicted octanol–water partition coefficient (Wildman–Crippen LogP) is 2.97. The lowest BCUT2D eigenvalue weighted by Crippen LogP contribution is -2.28. The molecule has 2 amide bonds. The summed E-state index contributed by atoms with van der Waals surface area (Å²) in [5.74, 6) is -2.30. The van der Waals surface area contributed by atoms with Crippen LogP contribution in [0.1, 0.15) is 6.42 Å². The van der Waals surface area contributed by atoms with Gasteiger partial charge in [0.05, 0.1) is 18.7 Å². The van der Waals surface area contributed by atoms with E-state index in [1.165, 1.54) is 18.1 Å². The van der Waals surface area contributed by atoms with Crippen LogP contribution in [0.15, 0.2) is 42.5 Å². The number of benzene rings is 2. The van der Waals surface area contributed by atoms with Gasteiger partial charge >= 0.3 is 0 Å². The van der Waals surface area contributed by atoms with Crippen LogP contribution in [0.2, 0.25) is 0 Å². The number of hydrogen-bond acceptors (Lipinski definition) is 3. The fraction of sp³-hybridized carbons (Fsp3) is 0.222. The van der Waals surface area contributed by atoms with Crippen molar-refractivity contribution in [3.05, 3.63) is 54.1 Å². The van der Waals surface area contributed by atoms with Crippen molar-refractivity contribution in [2.75, 3.05) is 23.9 Å². The van der Waals surface area contributed by atoms with Crippen LogP contribution >= 0.6 is 0 Å². The zero-order chi connectivity index (χ0) is 18.0. The molecule has 2 aromatic carbocycles. The molecule has 1 fully saturated rings. The van der Waals surface area contributed by atoms with Gasteiger partial charge in [0, 0.05) is 30.8 Å². The average Bonchev–Trinajstić information content (AvgIpc) is 2.97. The highest BCUT2D eigenvalue weighted by Crippen LogP contribution is 2.29. The molecule has 1 heterocycles. The van der Waals surface area contributed by atoms with E-state index in [0.29, 0.717) is 17.5 Å². The minimum atomic E-state index is -0.831. The standard InChI is InChI=1S/C18H16F2N2O3/c1-25-14-4-2-3-13(9-14)21-18(24)11-7-17(23)22(10-11)16-6-5-12(19)8-15(16)20/h2-6,8-9,11H,7,10H2,1H3,(H,21,24). The van der Waals surface area contributed by atoms with Gasteiger partial charge in [-0.15, -0.1) is 0 Å². The maximum atomic E-state index is 13.9. The molecule has 0 aliphatic carbocycles. The van der Waals surface area contributed by atoms with Gasteiger partial charge in [-0.05, 0) is 24.3 Å². The maximum Gasteiger partial charge on any atom is 0.229 e. The molecule has 0 spiro atoms. The molecule has 5 nitrogen and oxygen atoms in total. The van der Waals surface area contributed by atoms with E-state index in [2.05, 4.69) is 5.32 Å². The summed E-state index contributed by atoms with van der Waals surface area (Å²) in [7, 11) is 1.52. The molecule has 25 heavy (non-hydrogen) atoms. The molecule has 0 bridgehead atoms. The first-order valence-corrected chi connectivity index (χ1v) is 7.68. The molecule has 1 unspecified atom stereocenters. The molecule has 1 atom stereocenters. The first kappa shape index (κ1) is 16.9. The molecule has 0 radical (unpaired) electrons. The molecular formula is C18H16F2N2O3. The number of ether oxygens (including phenoxy) is 1. The topological polar surface area (TPSA) is 58.6 Å². The Bertz CT molecular complexity index is 826. The molecule has 1 aliphatic heterocycles. The third-order valence-corrected chi connectivity index (χ3v) is 4.03. The van der Waals surface area contributed by atoms with Gasteiger partial charge in [0.1, 0.15) is 17.4 Å². The van der Waals surface area contributed by atoms with E-state index in [-0.39, 0.29) is 30.5 Å². The summed E-state index contributed by atoms with van der Waals surface area (Å²) in [5.41, 5.74) is 0.520. The minimum absolute atomic E-state index is 0.0249. The van der Waals surface area contributed by atoms with E-state index in [4.69, 9.17) is 4.74 Å². The van der Waals surface area contributed by atoms with Gasteiger partial charge < -0.3 is 15.0 Å². The van der Waals surface area contributed by atoms with Crippen molar-refractivity contribution >= 4 is 23.2 Å². The van der Waals surface area contributed by atoms with Gasteiger partial charge in [-0.3, -0.25) is 9.59 Å². The molecule has 7 heteroatoms. The zero-order valence-corrected chi connectivity index (χ0v) is 13.5. The molecule has 1 saturated heterocycles. The van der Waals surface area contributed by atoms with Crippen molar-refractivity contribution in [3.63, 3.8) is 0 Å². The summed E-state index contributed by atoms with van der Waals surface area (Å²) in [6, 6.07) is 9.83. The van der Waals surface area contributed by atoms with E-state index >= 15 is 0 Å². The summed E-state index contributed by atoms with van der Waals surface area (Å²) < 4.78 is 32.0. The second kappa shape index (κ2) is 6.88. The van der Waals surface area contributed by atoms with Crippen molar-refractivity contribution < 1.29 is 23.1 Å². The highest BCUT2D eigenvalue weighted by molar-refractivity contribution is 6.03. The molecule has 130 valence electrons. The van der Waals surface area contributed by atoms with E-state index < -0.39 is 17.6 Å². The van der Waals surface area contributed by atoms with Gasteiger partial charge in [0.25, 0.3) is 0 Å². The molecule has 2 aromatic rings. The van der Waals surface area contributed by atoms with Crippen LogP contribution in [0.25, 0.3) is 0 Å². The van der Waals surface area contributed by atoms with E-state index in [0.717, 1.165) is 6.07 Å². The van der Waals surface area contributed by atoms with E-state index in [1.54, 1.807) is 24.3 Å². The highest BCUT2D eigenvalue weighted by atomic mass is 19.1. The number of hydrogen-bond donors (Lipinski definition) is 1. The van der Waals surface area contributed by atoms with Gasteiger partial charge in [-0.2, -0.15) is 0 Å². The quantitative estimate of drug-likeness (QED) is 0.926. The summed E-state index contributed by atoms with van der Waals surface area (Å²) in [4.78, 5) is 25.7. The number of rotatable bonds is 4. The first-order valence-electron chi connectivity index (χ1n) is 7.68. The number of amides is 2. The van der Waals surface area contributed by atoms with Crippen LogP contribution < -0.4 is 15.0 Å². The lowest BCUT2D eigenvalue weighted by Gasteiger charge is -2.17. The Kier molecular flexibility index (Phi) is 4.65. The molecule has 1 N–H and O–H groups in total. The Morgan fingerprint density at radius 2 is 2.04 bits per heavy atom. The number of nitrogens with one attached hydrogen (secondary N) is 1. The zero-order valence-electron chi connectivity index (χ0n) is 13.5. The van der Waals surface area contributed by atoms with Crippen LogP contribution in [0.4, 0.5) is 20.2 Å². The van der Waals surface area contributed by atoms with Crippen LogP contribution in [-0.4, -0.2) is 25.5 Å². The van der Waals surface area contributed by atoms with Crippen LogP contribution in [0, 0.1) is 17.6 Å². The largest absolute Gasteiger partial charge is 0.497 e. The van der Waals surface area contributed by atoms with Gasteiger partial charge in [-0.1, -0.05) is 6.07 Å². The SMILES string of the molecule is COc1cccc(NC(=O)C2CC(=O)N(c3ccc(F)cc3F)C2)c1. The fourth-order valence-corrected chi connectivity index (χ4v) is 2.76. The smallest absolute Gasteiger partial charge is 0.229 e. The molecule has 0 aromatic heterocycles. The van der Waals surface area contributed by atoms with E-state index in [9.17, 15) is 18.4 Å². The molecule has 1 aliphatic rings. The molecular weight excluding hydrogens is 330 g/mol. The van der Waals surface area contributed by atoms with E-state index in [1.807, 2.05) is 0 Å². The number of carbonyl (C=O) groups excluding carboxylic acids is 2. The predicted molar refractivity (Wildman–Crippen MR) is 88.4 cm³/mol. The van der Waals surface area contributed by atoms with Crippen molar-refractivity contribution in [1.82, 2.24) is 0 Å². The monoisotopic (exact) mass is 346 g/mol. The Morgan fingerprint density at radius 3 is 2.76 bits per heavy atom. The Hall–Kier alpha value is -2.96. The average molecular weight is 346 g/mol. The second-order valence-electron chi connectivity index (χ2n) is 5.72. The number of anilines is 2. The summed E-state index contributed by atoms with van der Waals surface area (Å²) in [6.07, 6.45) is -0.0351. The summed E-state index contributed by atoms with van der Waals surface area (Å²) in [6.45, 7) is 0.0389. The number of nitrogens with zero attached hydrogens (tertiary/aromatic N) is 1. The van der Waals surface area contributed by atoms with Crippen molar-refractivity contribution in [3.8, 4) is 5.75 Å². The van der Waals surface area contributed by atoms with Gasteiger partial charge in [0.2, 0.25) is 11.8 Å². The van der Waals surface area contributed by atoms with Crippen molar-refractivity contribution in [1.29, 1.82) is 0 Å². The minimum Gasteiger partial charge on any atom is -0.497 e. The highest BCUT2D eigenvalue weighted by Gasteiger charge is 2.36. The summed E-state index contributed by atoms with van der Waals surface area (Å²) in [5, 5.41) is 2.72. The van der Waals surface area contributed by atoms with Crippen LogP contribution in [0.5, 0.6) is 5.75 Å². The second-order valence-corrected chi connectivity index (χ2v) is 5.72. The van der Waals surface area contributed by atoms with Gasteiger partial charge in [-0.25, -0.2) is 8.78 Å². The van der Waals surface area contributed by atoms with Crippen molar-refractivity contribution in [2.45, 2.75) is 6.42 Å². The number of carbonyl (C=O) groups is 2. The third-order valence-electron chi connectivity index (χ3n) is 4.03. The molecule has 3 rings (SSSR count). The lowest BCUT2D eigenvalue weighted by atomic mass is 10.1. The van der Waals surface area contributed by atoms with Gasteiger partial charge in [0.15, 0.2) is 0 Å². The number of methoxy groups -OCH3 is 1. The first-order chi connectivity index (χ1) is 12.0. The Balaban J connectivity index is 1.72. The number of halogens is 2. The molecule has 0 saturated carbocycles. The summed E-state index contributed by atoms with van der Waals surface area (Å²) >= 11 is 0. The van der Waals surface area contributed by atoms with Crippen molar-refractivity contribution in [2.24, 2.45) is 5.92 Å². The normalized spacial score (nSPS) is 16.8. The van der Waals surface area contributed by atoms with Crippen LogP contribution in [0.3, 0.4) is 0 Å². The Morgan fingerprint density at radius 1 is 1.24 bits per heavy atom. The fourth-order valence-electron chi connectivity index (χ4n) is 2.76. The lowest BCUT2D eigenvalue weighted by molar-refractivity contribution is -0.122. The van der Waals surface area contributed by atoms with Crippen LogP contribution in [-0.2, 0) is 9.59 Å². The maximum absolute atomic E-state index is 13.9.